The lowest BCUT2D eigenvalue weighted by molar-refractivity contribution is 0.0946. The van der Waals surface area contributed by atoms with Crippen molar-refractivity contribution in [2.45, 2.75) is 6.54 Å². The van der Waals surface area contributed by atoms with Crippen LogP contribution in [0.4, 0.5) is 10.1 Å². The number of rotatable bonds is 3. The fourth-order valence-electron chi connectivity index (χ4n) is 2.12. The normalized spacial score (nSPS) is 12.2. The van der Waals surface area contributed by atoms with Crippen molar-refractivity contribution in [1.29, 1.82) is 0 Å². The molecule has 0 unspecified atom stereocenters. The van der Waals surface area contributed by atoms with Crippen LogP contribution in [0.1, 0.15) is 15.9 Å². The summed E-state index contributed by atoms with van der Waals surface area (Å²) in [5, 5.41) is 2.65. The van der Waals surface area contributed by atoms with Crippen molar-refractivity contribution in [1.82, 2.24) is 5.32 Å². The quantitative estimate of drug-likeness (QED) is 0.848. The van der Waals surface area contributed by atoms with E-state index in [1.54, 1.807) is 12.1 Å². The monoisotopic (exact) mass is 288 g/mol. The maximum atomic E-state index is 13.7. The number of fused-ring (bicyclic) bond motifs is 1. The Hall–Kier alpha value is -2.76. The molecule has 0 spiro atoms. The molecule has 0 saturated heterocycles. The molecule has 0 aliphatic carbocycles. The van der Waals surface area contributed by atoms with Crippen molar-refractivity contribution >= 4 is 11.6 Å². The summed E-state index contributed by atoms with van der Waals surface area (Å²) in [6, 6.07) is 9.36. The van der Waals surface area contributed by atoms with Crippen molar-refractivity contribution < 1.29 is 18.7 Å². The van der Waals surface area contributed by atoms with Gasteiger partial charge in [-0.2, -0.15) is 0 Å². The van der Waals surface area contributed by atoms with Gasteiger partial charge in [0.2, 0.25) is 6.79 Å². The Morgan fingerprint density at radius 3 is 2.95 bits per heavy atom. The lowest BCUT2D eigenvalue weighted by atomic mass is 10.1. The van der Waals surface area contributed by atoms with Gasteiger partial charge in [-0.3, -0.25) is 4.79 Å². The topological polar surface area (TPSA) is 73.6 Å². The molecular weight excluding hydrogens is 275 g/mol. The first kappa shape index (κ1) is 13.2. The Labute approximate surface area is 120 Å². The van der Waals surface area contributed by atoms with Gasteiger partial charge in [-0.25, -0.2) is 4.39 Å². The van der Waals surface area contributed by atoms with Crippen LogP contribution in [0.3, 0.4) is 0 Å². The molecule has 6 heteroatoms. The number of nitrogens with two attached hydrogens (primary N) is 1. The van der Waals surface area contributed by atoms with Gasteiger partial charge in [-0.1, -0.05) is 12.1 Å². The molecule has 1 aliphatic heterocycles. The van der Waals surface area contributed by atoms with Crippen molar-refractivity contribution in [2.24, 2.45) is 0 Å². The Balaban J connectivity index is 1.73. The van der Waals surface area contributed by atoms with E-state index in [9.17, 15) is 9.18 Å². The minimum absolute atomic E-state index is 0.0473. The first-order valence-electron chi connectivity index (χ1n) is 6.36. The van der Waals surface area contributed by atoms with Crippen LogP contribution in [0, 0.1) is 5.82 Å². The van der Waals surface area contributed by atoms with Gasteiger partial charge in [-0.05, 0) is 24.3 Å². The van der Waals surface area contributed by atoms with Crippen LogP contribution < -0.4 is 20.5 Å². The number of hydrogen-bond acceptors (Lipinski definition) is 4. The van der Waals surface area contributed by atoms with Crippen LogP contribution >= 0.6 is 0 Å². The predicted octanol–water partition coefficient (Wildman–Crippen LogP) is 2.07. The molecule has 2 aromatic carbocycles. The fraction of sp³-hybridized carbons (Fsp3) is 0.133. The average Bonchev–Trinajstić information content (AvgIpc) is 2.93. The Morgan fingerprint density at radius 1 is 1.29 bits per heavy atom. The molecule has 1 heterocycles. The summed E-state index contributed by atoms with van der Waals surface area (Å²) < 4.78 is 24.3. The second-order valence-electron chi connectivity index (χ2n) is 4.57. The SMILES string of the molecule is Nc1ccc(C(=O)NCc2cccc3c2OCO3)c(F)c1. The minimum Gasteiger partial charge on any atom is -0.454 e. The van der Waals surface area contributed by atoms with Crippen molar-refractivity contribution in [3.8, 4) is 11.5 Å². The van der Waals surface area contributed by atoms with E-state index in [0.29, 0.717) is 11.5 Å². The second kappa shape index (κ2) is 5.32. The van der Waals surface area contributed by atoms with Crippen LogP contribution in [-0.2, 0) is 6.54 Å². The summed E-state index contributed by atoms with van der Waals surface area (Å²) in [5.41, 5.74) is 6.45. The fourth-order valence-corrected chi connectivity index (χ4v) is 2.12. The van der Waals surface area contributed by atoms with Gasteiger partial charge >= 0.3 is 0 Å². The lowest BCUT2D eigenvalue weighted by Crippen LogP contribution is -2.24. The van der Waals surface area contributed by atoms with Crippen molar-refractivity contribution in [3.63, 3.8) is 0 Å². The summed E-state index contributed by atoms with van der Waals surface area (Å²) in [7, 11) is 0. The molecule has 0 saturated carbocycles. The summed E-state index contributed by atoms with van der Waals surface area (Å²) in [6.45, 7) is 0.377. The van der Waals surface area contributed by atoms with E-state index in [-0.39, 0.29) is 24.6 Å². The lowest BCUT2D eigenvalue weighted by Gasteiger charge is -2.08. The zero-order chi connectivity index (χ0) is 14.8. The predicted molar refractivity (Wildman–Crippen MR) is 74.5 cm³/mol. The number of anilines is 1. The number of para-hydroxylation sites is 1. The summed E-state index contributed by atoms with van der Waals surface area (Å²) in [6.07, 6.45) is 0. The van der Waals surface area contributed by atoms with Crippen LogP contribution in [-0.4, -0.2) is 12.7 Å². The highest BCUT2D eigenvalue weighted by molar-refractivity contribution is 5.94. The number of nitrogen functional groups attached to an aromatic ring is 1. The largest absolute Gasteiger partial charge is 0.454 e. The first-order valence-corrected chi connectivity index (χ1v) is 6.36. The second-order valence-corrected chi connectivity index (χ2v) is 4.57. The third-order valence-electron chi connectivity index (χ3n) is 3.16. The van der Waals surface area contributed by atoms with Crippen molar-refractivity contribution in [2.75, 3.05) is 12.5 Å². The number of nitrogens with one attached hydrogen (secondary N) is 1. The van der Waals surface area contributed by atoms with Gasteiger partial charge < -0.3 is 20.5 Å². The molecule has 0 fully saturated rings. The number of ether oxygens (including phenoxy) is 2. The van der Waals surface area contributed by atoms with Gasteiger partial charge in [0.25, 0.3) is 5.91 Å². The maximum absolute atomic E-state index is 13.7. The van der Waals surface area contributed by atoms with Gasteiger partial charge in [0.15, 0.2) is 11.5 Å². The van der Waals surface area contributed by atoms with Crippen molar-refractivity contribution in [3.05, 3.63) is 53.3 Å². The Bertz CT molecular complexity index is 703. The standard InChI is InChI=1S/C15H13FN2O3/c16-12-6-10(17)4-5-11(12)15(19)18-7-9-2-1-3-13-14(9)21-8-20-13/h1-6H,7-8,17H2,(H,18,19). The average molecular weight is 288 g/mol. The number of hydrogen-bond donors (Lipinski definition) is 2. The van der Waals surface area contributed by atoms with E-state index in [4.69, 9.17) is 15.2 Å². The molecule has 2 aromatic rings. The van der Waals surface area contributed by atoms with E-state index < -0.39 is 11.7 Å². The molecule has 3 rings (SSSR count). The molecule has 3 N–H and O–H groups in total. The Kier molecular flexibility index (Phi) is 3.35. The molecule has 0 radical (unpaired) electrons. The van der Waals surface area contributed by atoms with Crippen LogP contribution in [0.2, 0.25) is 0 Å². The van der Waals surface area contributed by atoms with Crippen LogP contribution in [0.5, 0.6) is 11.5 Å². The molecule has 1 aliphatic rings. The molecule has 108 valence electrons. The van der Waals surface area contributed by atoms with E-state index in [0.717, 1.165) is 11.6 Å². The number of halogens is 1. The molecule has 0 atom stereocenters. The van der Waals surface area contributed by atoms with Gasteiger partial charge in [0.1, 0.15) is 5.82 Å². The molecule has 0 aromatic heterocycles. The highest BCUT2D eigenvalue weighted by Crippen LogP contribution is 2.35. The van der Waals surface area contributed by atoms with E-state index in [1.807, 2.05) is 6.07 Å². The van der Waals surface area contributed by atoms with E-state index in [1.165, 1.54) is 12.1 Å². The minimum atomic E-state index is -0.648. The highest BCUT2D eigenvalue weighted by atomic mass is 19.1. The number of carbonyl (C=O) groups is 1. The van der Waals surface area contributed by atoms with Crippen LogP contribution in [0.15, 0.2) is 36.4 Å². The van der Waals surface area contributed by atoms with Crippen LogP contribution in [0.25, 0.3) is 0 Å². The third kappa shape index (κ3) is 2.60. The summed E-state index contributed by atoms with van der Waals surface area (Å²) in [5.74, 6) is 0.0883. The van der Waals surface area contributed by atoms with Gasteiger partial charge in [-0.15, -0.1) is 0 Å². The van der Waals surface area contributed by atoms with E-state index >= 15 is 0 Å². The van der Waals surface area contributed by atoms with Gasteiger partial charge in [0, 0.05) is 17.8 Å². The summed E-state index contributed by atoms with van der Waals surface area (Å²) >= 11 is 0. The molecule has 1 amide bonds. The smallest absolute Gasteiger partial charge is 0.254 e. The number of carbonyl (C=O) groups excluding carboxylic acids is 1. The van der Waals surface area contributed by atoms with Gasteiger partial charge in [0.05, 0.1) is 5.56 Å². The number of benzene rings is 2. The molecule has 0 bridgehead atoms. The highest BCUT2D eigenvalue weighted by Gasteiger charge is 2.18. The number of amides is 1. The maximum Gasteiger partial charge on any atom is 0.254 e. The zero-order valence-corrected chi connectivity index (χ0v) is 11.1. The molecule has 21 heavy (non-hydrogen) atoms. The molecular formula is C15H13FN2O3. The first-order chi connectivity index (χ1) is 10.1. The molecule has 5 nitrogen and oxygen atoms in total. The summed E-state index contributed by atoms with van der Waals surface area (Å²) in [4.78, 5) is 12.0. The third-order valence-corrected chi connectivity index (χ3v) is 3.16. The Morgan fingerprint density at radius 2 is 2.14 bits per heavy atom. The van der Waals surface area contributed by atoms with E-state index in [2.05, 4.69) is 5.32 Å². The zero-order valence-electron chi connectivity index (χ0n) is 11.1.